The first-order chi connectivity index (χ1) is 6.70. The van der Waals surface area contributed by atoms with Gasteiger partial charge in [-0.25, -0.2) is 0 Å². The molecular weight excluding hydrogens is 172 g/mol. The molecule has 0 amide bonds. The second-order valence-electron chi connectivity index (χ2n) is 4.24. The Morgan fingerprint density at radius 2 is 1.86 bits per heavy atom. The quantitative estimate of drug-likeness (QED) is 0.688. The summed E-state index contributed by atoms with van der Waals surface area (Å²) in [6.45, 7) is 0. The zero-order valence-corrected chi connectivity index (χ0v) is 9.01. The van der Waals surface area contributed by atoms with Crippen LogP contribution in [0.5, 0.6) is 0 Å². The van der Waals surface area contributed by atoms with Gasteiger partial charge in [0.2, 0.25) is 0 Å². The Bertz CT molecular complexity index is 342. The second kappa shape index (κ2) is 3.52. The largest absolute Gasteiger partial charge is 0.397 e. The third kappa shape index (κ3) is 1.45. The smallest absolute Gasteiger partial charge is 0.0630 e. The van der Waals surface area contributed by atoms with E-state index in [9.17, 15) is 0 Å². The van der Waals surface area contributed by atoms with E-state index in [-0.39, 0.29) is 0 Å². The van der Waals surface area contributed by atoms with Gasteiger partial charge in [-0.2, -0.15) is 0 Å². The van der Waals surface area contributed by atoms with Crippen LogP contribution in [0.4, 0.5) is 11.4 Å². The zero-order chi connectivity index (χ0) is 10.1. The summed E-state index contributed by atoms with van der Waals surface area (Å²) in [7, 11) is 4.14. The molecule has 1 aliphatic rings. The standard InChI is InChI=1S/C12H18N2/c1-14(2)12-10-6-4-3-5-9(10)7-8-11(12)13/h7-8H,3-6,13H2,1-2H3. The lowest BCUT2D eigenvalue weighted by Crippen LogP contribution is -2.16. The van der Waals surface area contributed by atoms with Crippen LogP contribution in [0.15, 0.2) is 12.1 Å². The van der Waals surface area contributed by atoms with Crippen LogP contribution < -0.4 is 10.6 Å². The molecule has 2 rings (SSSR count). The minimum Gasteiger partial charge on any atom is -0.397 e. The Morgan fingerprint density at radius 1 is 1.14 bits per heavy atom. The van der Waals surface area contributed by atoms with Gasteiger partial charge in [0.05, 0.1) is 11.4 Å². The fourth-order valence-corrected chi connectivity index (χ4v) is 2.35. The molecule has 14 heavy (non-hydrogen) atoms. The van der Waals surface area contributed by atoms with Crippen molar-refractivity contribution in [2.24, 2.45) is 0 Å². The molecule has 0 aliphatic heterocycles. The third-order valence-corrected chi connectivity index (χ3v) is 2.98. The van der Waals surface area contributed by atoms with Gasteiger partial charge in [-0.15, -0.1) is 0 Å². The number of nitrogens with zero attached hydrogens (tertiary/aromatic N) is 1. The van der Waals surface area contributed by atoms with E-state index in [4.69, 9.17) is 5.73 Å². The average molecular weight is 190 g/mol. The number of nitrogens with two attached hydrogens (primary N) is 1. The van der Waals surface area contributed by atoms with E-state index in [1.165, 1.54) is 42.5 Å². The van der Waals surface area contributed by atoms with Crippen molar-refractivity contribution < 1.29 is 0 Å². The molecule has 0 radical (unpaired) electrons. The number of rotatable bonds is 1. The van der Waals surface area contributed by atoms with E-state index in [1.54, 1.807) is 0 Å². The maximum absolute atomic E-state index is 6.00. The molecule has 0 bridgehead atoms. The van der Waals surface area contributed by atoms with E-state index in [0.717, 1.165) is 5.69 Å². The molecule has 0 saturated heterocycles. The van der Waals surface area contributed by atoms with Gasteiger partial charge in [0.15, 0.2) is 0 Å². The number of hydrogen-bond donors (Lipinski definition) is 1. The highest BCUT2D eigenvalue weighted by Crippen LogP contribution is 2.33. The number of aryl methyl sites for hydroxylation is 1. The molecule has 0 fully saturated rings. The predicted octanol–water partition coefficient (Wildman–Crippen LogP) is 2.21. The van der Waals surface area contributed by atoms with E-state index in [0.29, 0.717) is 0 Å². The first kappa shape index (κ1) is 9.38. The molecule has 2 heteroatoms. The van der Waals surface area contributed by atoms with Crippen molar-refractivity contribution >= 4 is 11.4 Å². The molecule has 0 aromatic heterocycles. The summed E-state index contributed by atoms with van der Waals surface area (Å²) in [6, 6.07) is 4.23. The molecule has 2 nitrogen and oxygen atoms in total. The highest BCUT2D eigenvalue weighted by atomic mass is 15.1. The van der Waals surface area contributed by atoms with E-state index in [2.05, 4.69) is 25.1 Å². The van der Waals surface area contributed by atoms with Gasteiger partial charge in [-0.05, 0) is 42.9 Å². The molecule has 0 unspecified atom stereocenters. The fourth-order valence-electron chi connectivity index (χ4n) is 2.35. The summed E-state index contributed by atoms with van der Waals surface area (Å²) in [6.07, 6.45) is 5.03. The van der Waals surface area contributed by atoms with Crippen molar-refractivity contribution in [2.75, 3.05) is 24.7 Å². The van der Waals surface area contributed by atoms with Gasteiger partial charge >= 0.3 is 0 Å². The molecule has 0 saturated carbocycles. The number of benzene rings is 1. The van der Waals surface area contributed by atoms with Crippen molar-refractivity contribution in [1.82, 2.24) is 0 Å². The average Bonchev–Trinajstić information content (AvgIpc) is 2.17. The van der Waals surface area contributed by atoms with E-state index in [1.807, 2.05) is 6.07 Å². The lowest BCUT2D eigenvalue weighted by atomic mass is 9.89. The lowest BCUT2D eigenvalue weighted by Gasteiger charge is -2.25. The van der Waals surface area contributed by atoms with Crippen molar-refractivity contribution in [3.05, 3.63) is 23.3 Å². The van der Waals surface area contributed by atoms with Crippen molar-refractivity contribution in [2.45, 2.75) is 25.7 Å². The first-order valence-electron chi connectivity index (χ1n) is 5.27. The van der Waals surface area contributed by atoms with Crippen molar-refractivity contribution in [1.29, 1.82) is 0 Å². The summed E-state index contributed by atoms with van der Waals surface area (Å²) in [5.74, 6) is 0. The molecule has 76 valence electrons. The molecule has 1 aromatic carbocycles. The fraction of sp³-hybridized carbons (Fsp3) is 0.500. The number of hydrogen-bond acceptors (Lipinski definition) is 2. The predicted molar refractivity (Wildman–Crippen MR) is 61.8 cm³/mol. The molecule has 0 atom stereocenters. The summed E-state index contributed by atoms with van der Waals surface area (Å²) < 4.78 is 0. The van der Waals surface area contributed by atoms with Gasteiger partial charge in [0.1, 0.15) is 0 Å². The van der Waals surface area contributed by atoms with Crippen LogP contribution in [0, 0.1) is 0 Å². The Morgan fingerprint density at radius 3 is 2.57 bits per heavy atom. The Hall–Kier alpha value is -1.18. The van der Waals surface area contributed by atoms with Crippen LogP contribution in [0.25, 0.3) is 0 Å². The van der Waals surface area contributed by atoms with Crippen molar-refractivity contribution in [3.63, 3.8) is 0 Å². The molecular formula is C12H18N2. The summed E-state index contributed by atoms with van der Waals surface area (Å²) in [5, 5.41) is 0. The Labute approximate surface area is 85.7 Å². The van der Waals surface area contributed by atoms with Gasteiger partial charge in [0, 0.05) is 14.1 Å². The van der Waals surface area contributed by atoms with Gasteiger partial charge in [-0.1, -0.05) is 6.07 Å². The monoisotopic (exact) mass is 190 g/mol. The third-order valence-electron chi connectivity index (χ3n) is 2.98. The Kier molecular flexibility index (Phi) is 2.36. The minimum atomic E-state index is 0.913. The normalized spacial score (nSPS) is 15.0. The topological polar surface area (TPSA) is 29.3 Å². The SMILES string of the molecule is CN(C)c1c(N)ccc2c1CCCC2. The van der Waals surface area contributed by atoms with Crippen LogP contribution in [0.2, 0.25) is 0 Å². The van der Waals surface area contributed by atoms with Crippen LogP contribution >= 0.6 is 0 Å². The number of nitrogen functional groups attached to an aromatic ring is 1. The molecule has 1 aliphatic carbocycles. The highest BCUT2D eigenvalue weighted by molar-refractivity contribution is 5.73. The van der Waals surface area contributed by atoms with Crippen LogP contribution in [-0.2, 0) is 12.8 Å². The molecule has 0 heterocycles. The maximum atomic E-state index is 6.00. The molecule has 0 spiro atoms. The summed E-state index contributed by atoms with van der Waals surface area (Å²) in [4.78, 5) is 2.14. The van der Waals surface area contributed by atoms with E-state index >= 15 is 0 Å². The van der Waals surface area contributed by atoms with E-state index < -0.39 is 0 Å². The summed E-state index contributed by atoms with van der Waals surface area (Å²) in [5.41, 5.74) is 11.1. The number of fused-ring (bicyclic) bond motifs is 1. The number of anilines is 2. The highest BCUT2D eigenvalue weighted by Gasteiger charge is 2.16. The van der Waals surface area contributed by atoms with Crippen LogP contribution in [-0.4, -0.2) is 14.1 Å². The van der Waals surface area contributed by atoms with Gasteiger partial charge in [-0.3, -0.25) is 0 Å². The van der Waals surface area contributed by atoms with Gasteiger partial charge < -0.3 is 10.6 Å². The van der Waals surface area contributed by atoms with Crippen LogP contribution in [0.1, 0.15) is 24.0 Å². The second-order valence-corrected chi connectivity index (χ2v) is 4.24. The minimum absolute atomic E-state index is 0.913. The zero-order valence-electron chi connectivity index (χ0n) is 9.01. The van der Waals surface area contributed by atoms with Crippen molar-refractivity contribution in [3.8, 4) is 0 Å². The van der Waals surface area contributed by atoms with Gasteiger partial charge in [0.25, 0.3) is 0 Å². The first-order valence-corrected chi connectivity index (χ1v) is 5.27. The lowest BCUT2D eigenvalue weighted by molar-refractivity contribution is 0.685. The summed E-state index contributed by atoms with van der Waals surface area (Å²) >= 11 is 0. The Balaban J connectivity index is 2.55. The molecule has 2 N–H and O–H groups in total. The maximum Gasteiger partial charge on any atom is 0.0630 e. The molecule has 1 aromatic rings. The van der Waals surface area contributed by atoms with Crippen LogP contribution in [0.3, 0.4) is 0 Å².